The molecular formula is C14H24N2O2S. The van der Waals surface area contributed by atoms with Crippen molar-refractivity contribution in [1.29, 1.82) is 0 Å². The molecule has 4 nitrogen and oxygen atoms in total. The number of thiol groups is 1. The molecule has 19 heavy (non-hydrogen) atoms. The van der Waals surface area contributed by atoms with Crippen molar-refractivity contribution in [3.63, 3.8) is 0 Å². The van der Waals surface area contributed by atoms with Crippen molar-refractivity contribution in [3.8, 4) is 0 Å². The molecule has 1 unspecified atom stereocenters. The van der Waals surface area contributed by atoms with E-state index in [2.05, 4.69) is 17.5 Å². The van der Waals surface area contributed by atoms with Gasteiger partial charge in [-0.3, -0.25) is 4.90 Å². The molecule has 2 aliphatic heterocycles. The van der Waals surface area contributed by atoms with E-state index in [4.69, 9.17) is 15.2 Å². The molecule has 3 aliphatic rings. The second-order valence-electron chi connectivity index (χ2n) is 5.82. The average Bonchev–Trinajstić information content (AvgIpc) is 3.02. The lowest BCUT2D eigenvalue weighted by Crippen LogP contribution is -2.38. The predicted octanol–water partition coefficient (Wildman–Crippen LogP) is 1.52. The van der Waals surface area contributed by atoms with Crippen molar-refractivity contribution >= 4 is 12.6 Å². The first-order valence-corrected chi connectivity index (χ1v) is 7.83. The number of rotatable bonds is 3. The second-order valence-corrected chi connectivity index (χ2v) is 6.30. The zero-order valence-corrected chi connectivity index (χ0v) is 12.3. The second kappa shape index (κ2) is 6.04. The van der Waals surface area contributed by atoms with Crippen LogP contribution in [-0.2, 0) is 9.47 Å². The molecule has 3 rings (SSSR count). The maximum atomic E-state index is 6.19. The van der Waals surface area contributed by atoms with Gasteiger partial charge in [0.25, 0.3) is 0 Å². The van der Waals surface area contributed by atoms with Gasteiger partial charge < -0.3 is 15.2 Å². The number of likely N-dealkylation sites (tertiary alicyclic amines) is 1. The third kappa shape index (κ3) is 3.10. The Bertz CT molecular complexity index is 355. The fourth-order valence-corrected chi connectivity index (χ4v) is 3.67. The van der Waals surface area contributed by atoms with Crippen molar-refractivity contribution in [1.82, 2.24) is 4.90 Å². The first-order chi connectivity index (χ1) is 9.24. The SMILES string of the molecule is NC1=C(S)C(O[C@@H]2CCN(C3CCOCC3)C2)CC1. The van der Waals surface area contributed by atoms with Gasteiger partial charge in [0.05, 0.1) is 12.2 Å². The normalized spacial score (nSPS) is 34.4. The molecule has 2 N–H and O–H groups in total. The fourth-order valence-electron chi connectivity index (χ4n) is 3.37. The Morgan fingerprint density at radius 1 is 1.21 bits per heavy atom. The first kappa shape index (κ1) is 13.7. The van der Waals surface area contributed by atoms with Crippen molar-refractivity contribution in [3.05, 3.63) is 10.6 Å². The molecule has 0 amide bonds. The van der Waals surface area contributed by atoms with Gasteiger partial charge in [-0.2, -0.15) is 0 Å². The third-order valence-corrected chi connectivity index (χ3v) is 5.13. The summed E-state index contributed by atoms with van der Waals surface area (Å²) in [6.45, 7) is 4.04. The standard InChI is InChI=1S/C14H24N2O2S/c15-12-1-2-13(14(12)19)18-11-3-6-16(9-11)10-4-7-17-8-5-10/h10-11,13,19H,1-9,15H2/t11-,13?/m1/s1. The van der Waals surface area contributed by atoms with Crippen LogP contribution < -0.4 is 5.73 Å². The van der Waals surface area contributed by atoms with Gasteiger partial charge >= 0.3 is 0 Å². The van der Waals surface area contributed by atoms with E-state index in [1.54, 1.807) is 0 Å². The molecule has 0 aromatic rings. The minimum absolute atomic E-state index is 0.142. The number of hydrogen-bond donors (Lipinski definition) is 2. The van der Waals surface area contributed by atoms with E-state index < -0.39 is 0 Å². The number of allylic oxidation sites excluding steroid dienone is 1. The van der Waals surface area contributed by atoms with Gasteiger partial charge in [-0.15, -0.1) is 12.6 Å². The first-order valence-electron chi connectivity index (χ1n) is 7.39. The molecule has 0 spiro atoms. The summed E-state index contributed by atoms with van der Waals surface area (Å²) in [6.07, 6.45) is 5.89. The third-order valence-electron chi connectivity index (χ3n) is 4.55. The van der Waals surface area contributed by atoms with Gasteiger partial charge in [0.1, 0.15) is 0 Å². The van der Waals surface area contributed by atoms with Crippen LogP contribution in [0.4, 0.5) is 0 Å². The molecule has 0 aromatic carbocycles. The Morgan fingerprint density at radius 3 is 2.68 bits per heavy atom. The van der Waals surface area contributed by atoms with Gasteiger partial charge in [0.15, 0.2) is 0 Å². The van der Waals surface area contributed by atoms with E-state index in [1.807, 2.05) is 0 Å². The minimum atomic E-state index is 0.142. The van der Waals surface area contributed by atoms with Crippen molar-refractivity contribution < 1.29 is 9.47 Å². The van der Waals surface area contributed by atoms with E-state index in [1.165, 1.54) is 12.8 Å². The molecule has 1 aliphatic carbocycles. The Hall–Kier alpha value is -0.230. The topological polar surface area (TPSA) is 47.7 Å². The summed E-state index contributed by atoms with van der Waals surface area (Å²) in [5, 5.41) is 0. The Balaban J connectivity index is 1.49. The molecule has 2 heterocycles. The average molecular weight is 284 g/mol. The Kier molecular flexibility index (Phi) is 4.37. The van der Waals surface area contributed by atoms with Gasteiger partial charge in [-0.25, -0.2) is 0 Å². The number of nitrogens with two attached hydrogens (primary N) is 1. The molecule has 5 heteroatoms. The van der Waals surface area contributed by atoms with Crippen LogP contribution in [0.1, 0.15) is 32.1 Å². The molecular weight excluding hydrogens is 260 g/mol. The van der Waals surface area contributed by atoms with Crippen LogP contribution in [0.2, 0.25) is 0 Å². The maximum Gasteiger partial charge on any atom is 0.0905 e. The molecule has 108 valence electrons. The quantitative estimate of drug-likeness (QED) is 0.772. The maximum absolute atomic E-state index is 6.19. The lowest BCUT2D eigenvalue weighted by atomic mass is 10.1. The van der Waals surface area contributed by atoms with Gasteiger partial charge in [0, 0.05) is 42.9 Å². The van der Waals surface area contributed by atoms with Crippen LogP contribution in [0, 0.1) is 0 Å². The van der Waals surface area contributed by atoms with Gasteiger partial charge in [0.2, 0.25) is 0 Å². The number of nitrogens with zero attached hydrogens (tertiary/aromatic N) is 1. The minimum Gasteiger partial charge on any atom is -0.401 e. The monoisotopic (exact) mass is 284 g/mol. The smallest absolute Gasteiger partial charge is 0.0905 e. The Labute approximate surface area is 120 Å². The highest BCUT2D eigenvalue weighted by Crippen LogP contribution is 2.31. The summed E-state index contributed by atoms with van der Waals surface area (Å²) in [4.78, 5) is 3.54. The molecule has 0 saturated carbocycles. The lowest BCUT2D eigenvalue weighted by molar-refractivity contribution is 0.00470. The van der Waals surface area contributed by atoms with E-state index in [0.29, 0.717) is 12.1 Å². The predicted molar refractivity (Wildman–Crippen MR) is 78.1 cm³/mol. The summed E-state index contributed by atoms with van der Waals surface area (Å²) in [7, 11) is 0. The lowest BCUT2D eigenvalue weighted by Gasteiger charge is -2.31. The van der Waals surface area contributed by atoms with Crippen LogP contribution in [-0.4, -0.2) is 49.5 Å². The van der Waals surface area contributed by atoms with Crippen LogP contribution in [0.15, 0.2) is 10.6 Å². The summed E-state index contributed by atoms with van der Waals surface area (Å²) < 4.78 is 11.6. The Morgan fingerprint density at radius 2 is 2.00 bits per heavy atom. The highest BCUT2D eigenvalue weighted by molar-refractivity contribution is 7.84. The molecule has 0 bridgehead atoms. The van der Waals surface area contributed by atoms with Gasteiger partial charge in [-0.1, -0.05) is 0 Å². The van der Waals surface area contributed by atoms with E-state index in [0.717, 1.165) is 56.2 Å². The van der Waals surface area contributed by atoms with E-state index in [9.17, 15) is 0 Å². The number of hydrogen-bond acceptors (Lipinski definition) is 5. The summed E-state index contributed by atoms with van der Waals surface area (Å²) in [5.41, 5.74) is 6.80. The summed E-state index contributed by atoms with van der Waals surface area (Å²) >= 11 is 4.48. The van der Waals surface area contributed by atoms with Crippen LogP contribution in [0.3, 0.4) is 0 Å². The molecule has 0 radical (unpaired) electrons. The molecule has 2 atom stereocenters. The van der Waals surface area contributed by atoms with Crippen LogP contribution in [0.25, 0.3) is 0 Å². The van der Waals surface area contributed by atoms with Crippen molar-refractivity contribution in [2.45, 2.75) is 50.4 Å². The molecule has 0 aromatic heterocycles. The van der Waals surface area contributed by atoms with Crippen molar-refractivity contribution in [2.24, 2.45) is 5.73 Å². The van der Waals surface area contributed by atoms with Crippen LogP contribution in [0.5, 0.6) is 0 Å². The van der Waals surface area contributed by atoms with E-state index in [-0.39, 0.29) is 6.10 Å². The largest absolute Gasteiger partial charge is 0.401 e. The van der Waals surface area contributed by atoms with Crippen molar-refractivity contribution in [2.75, 3.05) is 26.3 Å². The number of ether oxygens (including phenoxy) is 2. The van der Waals surface area contributed by atoms with Crippen LogP contribution >= 0.6 is 12.6 Å². The zero-order chi connectivity index (χ0) is 13.2. The zero-order valence-electron chi connectivity index (χ0n) is 11.4. The fraction of sp³-hybridized carbons (Fsp3) is 0.857. The van der Waals surface area contributed by atoms with E-state index >= 15 is 0 Å². The molecule has 2 saturated heterocycles. The highest BCUT2D eigenvalue weighted by Gasteiger charge is 2.33. The highest BCUT2D eigenvalue weighted by atomic mass is 32.1. The summed E-state index contributed by atoms with van der Waals surface area (Å²) in [5.74, 6) is 0. The summed E-state index contributed by atoms with van der Waals surface area (Å²) in [6, 6.07) is 0.696. The molecule has 2 fully saturated rings. The van der Waals surface area contributed by atoms with Gasteiger partial charge in [-0.05, 0) is 32.1 Å².